The largest absolute Gasteiger partial charge is 0.391 e. The lowest BCUT2D eigenvalue weighted by Crippen LogP contribution is -2.44. The number of aliphatic hydroxyl groups is 1. The molecule has 0 spiro atoms. The molecule has 1 amide bonds. The third-order valence-corrected chi connectivity index (χ3v) is 7.49. The molecule has 2 fully saturated rings. The molecule has 0 aromatic carbocycles. The first kappa shape index (κ1) is 20.4. The smallest absolute Gasteiger partial charge is 0.275 e. The number of nitrogens with one attached hydrogen (secondary N) is 1. The van der Waals surface area contributed by atoms with Crippen molar-refractivity contribution in [1.29, 1.82) is 0 Å². The molecule has 0 bridgehead atoms. The molecule has 2 aliphatic carbocycles. The van der Waals surface area contributed by atoms with E-state index in [-0.39, 0.29) is 23.8 Å². The number of amides is 1. The van der Waals surface area contributed by atoms with Gasteiger partial charge in [0.15, 0.2) is 0 Å². The zero-order chi connectivity index (χ0) is 20.4. The summed E-state index contributed by atoms with van der Waals surface area (Å²) in [4.78, 5) is 21.7. The molecule has 0 radical (unpaired) electrons. The topological polar surface area (TPSA) is 101 Å². The van der Waals surface area contributed by atoms with Crippen LogP contribution in [0.3, 0.4) is 0 Å². The van der Waals surface area contributed by atoms with Gasteiger partial charge in [0.1, 0.15) is 5.69 Å². The third-order valence-electron chi connectivity index (χ3n) is 6.49. The molecule has 2 aliphatic rings. The van der Waals surface area contributed by atoms with E-state index < -0.39 is 6.10 Å². The zero-order valence-electron chi connectivity index (χ0n) is 16.9. The van der Waals surface area contributed by atoms with Gasteiger partial charge in [0.2, 0.25) is 0 Å². The summed E-state index contributed by atoms with van der Waals surface area (Å²) in [6, 6.07) is 1.70. The summed E-state index contributed by atoms with van der Waals surface area (Å²) in [5.74, 6) is 0.624. The van der Waals surface area contributed by atoms with Gasteiger partial charge in [-0.3, -0.25) is 9.78 Å². The van der Waals surface area contributed by atoms with Crippen LogP contribution in [-0.4, -0.2) is 33.1 Å². The number of pyridine rings is 1. The van der Waals surface area contributed by atoms with Crippen molar-refractivity contribution in [2.24, 2.45) is 11.7 Å². The van der Waals surface area contributed by atoms with Crippen molar-refractivity contribution in [3.05, 3.63) is 40.1 Å². The van der Waals surface area contributed by atoms with Gasteiger partial charge in [0, 0.05) is 23.5 Å². The zero-order valence-corrected chi connectivity index (χ0v) is 17.7. The highest BCUT2D eigenvalue weighted by Crippen LogP contribution is 2.39. The molecule has 4 atom stereocenters. The van der Waals surface area contributed by atoms with Crippen LogP contribution in [0.5, 0.6) is 0 Å². The highest BCUT2D eigenvalue weighted by molar-refractivity contribution is 7.09. The van der Waals surface area contributed by atoms with Crippen LogP contribution in [0.2, 0.25) is 0 Å². The molecule has 7 heteroatoms. The summed E-state index contributed by atoms with van der Waals surface area (Å²) in [5.41, 5.74) is 8.38. The number of carbonyl (C=O) groups excluding carboxylic acids is 1. The predicted molar refractivity (Wildman–Crippen MR) is 115 cm³/mol. The number of nitrogens with two attached hydrogens (primary N) is 1. The number of aromatic nitrogens is 2. The molecule has 2 saturated carbocycles. The fourth-order valence-corrected chi connectivity index (χ4v) is 5.78. The fourth-order valence-electron chi connectivity index (χ4n) is 4.81. The summed E-state index contributed by atoms with van der Waals surface area (Å²) in [5, 5.41) is 16.1. The van der Waals surface area contributed by atoms with Crippen molar-refractivity contribution in [2.75, 3.05) is 5.32 Å². The van der Waals surface area contributed by atoms with Gasteiger partial charge in [-0.15, -0.1) is 11.3 Å². The molecule has 2 heterocycles. The second-order valence-corrected chi connectivity index (χ2v) is 9.51. The summed E-state index contributed by atoms with van der Waals surface area (Å²) in [6.45, 7) is 2.03. The van der Waals surface area contributed by atoms with Crippen molar-refractivity contribution in [3.63, 3.8) is 0 Å². The SMILES string of the molecule is CC1CC(c2ccncc2NC(=O)c2csc(C3CCCCC3)n2)CC(N)C1O. The minimum atomic E-state index is -0.473. The van der Waals surface area contributed by atoms with Gasteiger partial charge in [-0.2, -0.15) is 0 Å². The molecule has 0 saturated heterocycles. The maximum Gasteiger partial charge on any atom is 0.275 e. The second-order valence-electron chi connectivity index (χ2n) is 8.62. The maximum atomic E-state index is 12.9. The van der Waals surface area contributed by atoms with E-state index in [0.717, 1.165) is 17.0 Å². The number of aliphatic hydroxyl groups excluding tert-OH is 1. The number of rotatable bonds is 4. The number of hydrogen-bond acceptors (Lipinski definition) is 6. The first-order valence-electron chi connectivity index (χ1n) is 10.7. The normalized spacial score (nSPS) is 28.2. The molecule has 2 aromatic heterocycles. The van der Waals surface area contributed by atoms with Gasteiger partial charge in [-0.25, -0.2) is 4.98 Å². The molecule has 6 nitrogen and oxygen atoms in total. The van der Waals surface area contributed by atoms with Crippen molar-refractivity contribution in [2.45, 2.75) is 75.9 Å². The van der Waals surface area contributed by atoms with Crippen LogP contribution < -0.4 is 11.1 Å². The van der Waals surface area contributed by atoms with Crippen LogP contribution in [0, 0.1) is 5.92 Å². The van der Waals surface area contributed by atoms with Gasteiger partial charge in [-0.05, 0) is 49.1 Å². The van der Waals surface area contributed by atoms with E-state index in [4.69, 9.17) is 5.73 Å². The van der Waals surface area contributed by atoms with E-state index >= 15 is 0 Å². The van der Waals surface area contributed by atoms with Crippen molar-refractivity contribution in [1.82, 2.24) is 9.97 Å². The molecular formula is C22H30N4O2S. The highest BCUT2D eigenvalue weighted by atomic mass is 32.1. The quantitative estimate of drug-likeness (QED) is 0.701. The first-order valence-corrected chi connectivity index (χ1v) is 11.5. The highest BCUT2D eigenvalue weighted by Gasteiger charge is 2.34. The number of thiazole rings is 1. The van der Waals surface area contributed by atoms with Crippen LogP contribution in [0.25, 0.3) is 0 Å². The lowest BCUT2D eigenvalue weighted by atomic mass is 9.74. The Bertz CT molecular complexity index is 837. The van der Waals surface area contributed by atoms with Gasteiger partial charge >= 0.3 is 0 Å². The standard InChI is InChI=1S/C22H30N4O2S/c1-13-9-15(10-17(23)20(13)27)16-7-8-24-11-18(16)25-21(28)19-12-29-22(26-19)14-5-3-2-4-6-14/h7-8,11-15,17,20,27H,2-6,9-10,23H2,1H3,(H,25,28). The van der Waals surface area contributed by atoms with E-state index in [2.05, 4.69) is 15.3 Å². The van der Waals surface area contributed by atoms with E-state index in [9.17, 15) is 9.90 Å². The molecule has 4 N–H and O–H groups in total. The molecular weight excluding hydrogens is 384 g/mol. The average molecular weight is 415 g/mol. The number of nitrogens with zero attached hydrogens (tertiary/aromatic N) is 2. The molecule has 4 rings (SSSR count). The summed E-state index contributed by atoms with van der Waals surface area (Å²) in [7, 11) is 0. The summed E-state index contributed by atoms with van der Waals surface area (Å²) >= 11 is 1.60. The minimum absolute atomic E-state index is 0.122. The number of carbonyl (C=O) groups is 1. The third kappa shape index (κ3) is 4.52. The molecule has 4 unspecified atom stereocenters. The fraction of sp³-hybridized carbons (Fsp3) is 0.591. The lowest BCUT2D eigenvalue weighted by molar-refractivity contribution is 0.0521. The van der Waals surface area contributed by atoms with Crippen molar-refractivity contribution >= 4 is 22.9 Å². The Morgan fingerprint density at radius 1 is 1.24 bits per heavy atom. The van der Waals surface area contributed by atoms with Crippen molar-refractivity contribution < 1.29 is 9.90 Å². The van der Waals surface area contributed by atoms with E-state index in [1.807, 2.05) is 18.4 Å². The second kappa shape index (κ2) is 8.90. The Morgan fingerprint density at radius 3 is 2.79 bits per heavy atom. The summed E-state index contributed by atoms with van der Waals surface area (Å²) in [6.07, 6.45) is 10.7. The summed E-state index contributed by atoms with van der Waals surface area (Å²) < 4.78 is 0. The monoisotopic (exact) mass is 414 g/mol. The van der Waals surface area contributed by atoms with Crippen LogP contribution in [0.15, 0.2) is 23.8 Å². The molecule has 0 aliphatic heterocycles. The Morgan fingerprint density at radius 2 is 2.03 bits per heavy atom. The predicted octanol–water partition coefficient (Wildman–Crippen LogP) is 4.04. The average Bonchev–Trinajstić information content (AvgIpc) is 3.23. The Kier molecular flexibility index (Phi) is 6.27. The molecule has 29 heavy (non-hydrogen) atoms. The lowest BCUT2D eigenvalue weighted by Gasteiger charge is -2.36. The van der Waals surface area contributed by atoms with Crippen LogP contribution in [0.4, 0.5) is 5.69 Å². The maximum absolute atomic E-state index is 12.9. The van der Waals surface area contributed by atoms with E-state index in [0.29, 0.717) is 23.7 Å². The Balaban J connectivity index is 1.49. The number of hydrogen-bond donors (Lipinski definition) is 3. The number of anilines is 1. The van der Waals surface area contributed by atoms with E-state index in [1.165, 1.54) is 32.1 Å². The first-order chi connectivity index (χ1) is 14.0. The van der Waals surface area contributed by atoms with Gasteiger partial charge in [0.25, 0.3) is 5.91 Å². The Hall–Kier alpha value is -1.83. The van der Waals surface area contributed by atoms with Gasteiger partial charge in [-0.1, -0.05) is 26.2 Å². The van der Waals surface area contributed by atoms with Crippen molar-refractivity contribution in [3.8, 4) is 0 Å². The Labute approximate surface area is 176 Å². The van der Waals surface area contributed by atoms with Crippen LogP contribution in [-0.2, 0) is 0 Å². The van der Waals surface area contributed by atoms with Gasteiger partial charge in [0.05, 0.1) is 23.0 Å². The van der Waals surface area contributed by atoms with Gasteiger partial charge < -0.3 is 16.2 Å². The minimum Gasteiger partial charge on any atom is -0.391 e. The van der Waals surface area contributed by atoms with Crippen LogP contribution in [0.1, 0.15) is 84.8 Å². The molecule has 156 valence electrons. The van der Waals surface area contributed by atoms with E-state index in [1.54, 1.807) is 23.7 Å². The van der Waals surface area contributed by atoms with Crippen LogP contribution >= 0.6 is 11.3 Å². The molecule has 2 aromatic rings.